The average Bonchev–Trinajstić information content (AvgIpc) is 2.69. The van der Waals surface area contributed by atoms with E-state index in [9.17, 15) is 10.2 Å². The summed E-state index contributed by atoms with van der Waals surface area (Å²) < 4.78 is 0. The molecule has 4 rings (SSSR count). The summed E-state index contributed by atoms with van der Waals surface area (Å²) >= 11 is 0. The van der Waals surface area contributed by atoms with Gasteiger partial charge in [-0.2, -0.15) is 0 Å². The molecule has 1 aliphatic rings. The van der Waals surface area contributed by atoms with Crippen LogP contribution in [-0.4, -0.2) is 20.9 Å². The van der Waals surface area contributed by atoms with Crippen LogP contribution in [0.4, 0.5) is 0 Å². The van der Waals surface area contributed by atoms with Crippen molar-refractivity contribution in [2.45, 2.75) is 18.6 Å². The van der Waals surface area contributed by atoms with E-state index >= 15 is 0 Å². The van der Waals surface area contributed by atoms with Crippen LogP contribution in [0.5, 0.6) is 11.5 Å². The molecule has 5 nitrogen and oxygen atoms in total. The highest BCUT2D eigenvalue weighted by Crippen LogP contribution is 2.35. The van der Waals surface area contributed by atoms with E-state index in [-0.39, 0.29) is 23.7 Å². The van der Waals surface area contributed by atoms with Crippen LogP contribution in [-0.2, 0) is 0 Å². The van der Waals surface area contributed by atoms with Crippen LogP contribution in [0.1, 0.15) is 35.4 Å². The van der Waals surface area contributed by atoms with Crippen molar-refractivity contribution < 1.29 is 10.2 Å². The van der Waals surface area contributed by atoms with Crippen LogP contribution in [0.3, 0.4) is 0 Å². The van der Waals surface area contributed by atoms with Crippen LogP contribution in [0.25, 0.3) is 0 Å². The fourth-order valence-corrected chi connectivity index (χ4v) is 3.26. The van der Waals surface area contributed by atoms with Crippen molar-refractivity contribution >= 4 is 5.71 Å². The molecule has 3 N–H and O–H groups in total. The minimum atomic E-state index is -0.357. The Kier molecular flexibility index (Phi) is 4.37. The lowest BCUT2D eigenvalue weighted by molar-refractivity contribution is 0.408. The summed E-state index contributed by atoms with van der Waals surface area (Å²) in [6, 6.07) is 20.0. The number of benzene rings is 2. The van der Waals surface area contributed by atoms with Gasteiger partial charge in [-0.05, 0) is 30.3 Å². The Morgan fingerprint density at radius 1 is 0.846 bits per heavy atom. The number of nitrogens with one attached hydrogen (secondary N) is 1. The molecule has 130 valence electrons. The third kappa shape index (κ3) is 3.17. The third-order valence-electron chi connectivity index (χ3n) is 4.54. The molecule has 0 aliphatic carbocycles. The summed E-state index contributed by atoms with van der Waals surface area (Å²) in [5.74, 6) is 0.437. The van der Waals surface area contributed by atoms with E-state index in [0.29, 0.717) is 12.0 Å². The van der Waals surface area contributed by atoms with Gasteiger partial charge in [0.05, 0.1) is 11.4 Å². The number of phenols is 2. The lowest BCUT2D eigenvalue weighted by Gasteiger charge is -2.30. The van der Waals surface area contributed by atoms with E-state index in [0.717, 1.165) is 17.0 Å². The molecule has 2 atom stereocenters. The largest absolute Gasteiger partial charge is 0.508 e. The van der Waals surface area contributed by atoms with Gasteiger partial charge < -0.3 is 10.2 Å². The van der Waals surface area contributed by atoms with Gasteiger partial charge in [-0.25, -0.2) is 0 Å². The molecular weight excluding hydrogens is 326 g/mol. The maximum atomic E-state index is 10.3. The number of hydrogen-bond donors (Lipinski definition) is 3. The Morgan fingerprint density at radius 2 is 1.58 bits per heavy atom. The molecule has 1 aromatic heterocycles. The molecule has 0 radical (unpaired) electrons. The van der Waals surface area contributed by atoms with Crippen LogP contribution < -0.4 is 5.32 Å². The molecule has 5 heteroatoms. The third-order valence-corrected chi connectivity index (χ3v) is 4.54. The van der Waals surface area contributed by atoms with Gasteiger partial charge in [0.2, 0.25) is 0 Å². The normalized spacial score (nSPS) is 19.8. The minimum Gasteiger partial charge on any atom is -0.508 e. The van der Waals surface area contributed by atoms with Crippen molar-refractivity contribution in [1.82, 2.24) is 10.3 Å². The second kappa shape index (κ2) is 6.98. The van der Waals surface area contributed by atoms with Crippen molar-refractivity contribution in [3.63, 3.8) is 0 Å². The Hall–Kier alpha value is -3.18. The molecule has 0 spiro atoms. The first-order valence-electron chi connectivity index (χ1n) is 8.52. The Balaban J connectivity index is 1.78. The van der Waals surface area contributed by atoms with Gasteiger partial charge in [-0.1, -0.05) is 36.4 Å². The van der Waals surface area contributed by atoms with Gasteiger partial charge in [0.15, 0.2) is 0 Å². The molecule has 0 saturated heterocycles. The Bertz CT molecular complexity index is 941. The highest BCUT2D eigenvalue weighted by Gasteiger charge is 2.28. The number of phenolic OH excluding ortho intramolecular Hbond substituents is 2. The van der Waals surface area contributed by atoms with E-state index in [1.807, 2.05) is 42.5 Å². The van der Waals surface area contributed by atoms with E-state index in [2.05, 4.69) is 10.3 Å². The molecule has 1 aliphatic heterocycles. The van der Waals surface area contributed by atoms with E-state index in [1.165, 1.54) is 0 Å². The van der Waals surface area contributed by atoms with Crippen LogP contribution in [0, 0.1) is 0 Å². The lowest BCUT2D eigenvalue weighted by Crippen LogP contribution is -2.33. The molecule has 0 bridgehead atoms. The molecule has 0 amide bonds. The first-order chi connectivity index (χ1) is 12.7. The topological polar surface area (TPSA) is 77.7 Å². The van der Waals surface area contributed by atoms with Gasteiger partial charge in [-0.3, -0.25) is 15.3 Å². The number of aromatic hydroxyl groups is 2. The number of aliphatic imine (C=N–C) groups is 1. The van der Waals surface area contributed by atoms with Gasteiger partial charge >= 0.3 is 0 Å². The standard InChI is InChI=1S/C21H19N3O2/c25-19-10-3-1-7-14(19)17-13-18(15-8-2-4-11-20(15)26)24-21(23-17)16-9-5-6-12-22-16/h1-12,17,21,23,25-26H,13H2/t17-,21+/m1/s1. The molecule has 0 fully saturated rings. The molecule has 2 heterocycles. The van der Waals surface area contributed by atoms with Crippen LogP contribution in [0.15, 0.2) is 77.9 Å². The molecule has 0 unspecified atom stereocenters. The zero-order chi connectivity index (χ0) is 17.9. The quantitative estimate of drug-likeness (QED) is 0.676. The highest BCUT2D eigenvalue weighted by molar-refractivity contribution is 6.03. The smallest absolute Gasteiger partial charge is 0.143 e. The first-order valence-corrected chi connectivity index (χ1v) is 8.52. The first kappa shape index (κ1) is 16.3. The monoisotopic (exact) mass is 345 g/mol. The van der Waals surface area contributed by atoms with Gasteiger partial charge in [0, 0.05) is 29.8 Å². The van der Waals surface area contributed by atoms with E-state index < -0.39 is 0 Å². The summed E-state index contributed by atoms with van der Waals surface area (Å²) in [4.78, 5) is 9.20. The van der Waals surface area contributed by atoms with Crippen molar-refractivity contribution in [2.75, 3.05) is 0 Å². The fourth-order valence-electron chi connectivity index (χ4n) is 3.26. The number of nitrogens with zero attached hydrogens (tertiary/aromatic N) is 2. The molecule has 3 aromatic rings. The molecule has 2 aromatic carbocycles. The summed E-state index contributed by atoms with van der Waals surface area (Å²) in [5.41, 5.74) is 3.08. The molecule has 26 heavy (non-hydrogen) atoms. The predicted octanol–water partition coefficient (Wildman–Crippen LogP) is 3.72. The second-order valence-electron chi connectivity index (χ2n) is 6.23. The average molecular weight is 345 g/mol. The molecule has 0 saturated carbocycles. The highest BCUT2D eigenvalue weighted by atomic mass is 16.3. The predicted molar refractivity (Wildman–Crippen MR) is 100 cm³/mol. The van der Waals surface area contributed by atoms with Crippen molar-refractivity contribution in [3.8, 4) is 11.5 Å². The summed E-state index contributed by atoms with van der Waals surface area (Å²) in [7, 11) is 0. The second-order valence-corrected chi connectivity index (χ2v) is 6.23. The summed E-state index contributed by atoms with van der Waals surface area (Å²) in [5, 5.41) is 24.0. The number of aromatic nitrogens is 1. The maximum absolute atomic E-state index is 10.3. The Morgan fingerprint density at radius 3 is 2.31 bits per heavy atom. The van der Waals surface area contributed by atoms with Crippen molar-refractivity contribution in [3.05, 3.63) is 89.7 Å². The van der Waals surface area contributed by atoms with Gasteiger partial charge in [-0.15, -0.1) is 0 Å². The van der Waals surface area contributed by atoms with Crippen molar-refractivity contribution in [2.24, 2.45) is 4.99 Å². The minimum absolute atomic E-state index is 0.143. The zero-order valence-corrected chi connectivity index (χ0v) is 14.1. The van der Waals surface area contributed by atoms with Crippen LogP contribution in [0.2, 0.25) is 0 Å². The van der Waals surface area contributed by atoms with Crippen molar-refractivity contribution in [1.29, 1.82) is 0 Å². The summed E-state index contributed by atoms with van der Waals surface area (Å²) in [6.45, 7) is 0. The fraction of sp³-hybridized carbons (Fsp3) is 0.143. The zero-order valence-electron chi connectivity index (χ0n) is 14.1. The molecular formula is C21H19N3O2. The van der Waals surface area contributed by atoms with E-state index in [1.54, 1.807) is 30.5 Å². The lowest BCUT2D eigenvalue weighted by atomic mass is 9.93. The Labute approximate surface area is 151 Å². The van der Waals surface area contributed by atoms with E-state index in [4.69, 9.17) is 4.99 Å². The number of hydrogen-bond acceptors (Lipinski definition) is 5. The SMILES string of the molecule is Oc1ccccc1C1=N[C@@H](c2ccccn2)N[C@@H](c2ccccc2O)C1. The number of pyridine rings is 1. The summed E-state index contributed by atoms with van der Waals surface area (Å²) in [6.07, 6.45) is 1.93. The van der Waals surface area contributed by atoms with Gasteiger partial charge in [0.25, 0.3) is 0 Å². The number of para-hydroxylation sites is 2. The maximum Gasteiger partial charge on any atom is 0.143 e. The number of rotatable bonds is 3. The van der Waals surface area contributed by atoms with Crippen LogP contribution >= 0.6 is 0 Å². The van der Waals surface area contributed by atoms with Gasteiger partial charge in [0.1, 0.15) is 17.7 Å².